The number of nitrogens with one attached hydrogen (secondary N) is 3. The van der Waals surface area contributed by atoms with Crippen molar-refractivity contribution in [2.24, 2.45) is 0 Å². The van der Waals surface area contributed by atoms with E-state index in [2.05, 4.69) is 9.44 Å². The molecule has 0 radical (unpaired) electrons. The van der Waals surface area contributed by atoms with Crippen LogP contribution in [0.5, 0.6) is 0 Å². The summed E-state index contributed by atoms with van der Waals surface area (Å²) in [4.78, 5) is 11.9. The molecule has 2 aromatic carbocycles. The summed E-state index contributed by atoms with van der Waals surface area (Å²) in [6, 6.07) is 10.8. The van der Waals surface area contributed by atoms with Gasteiger partial charge in [0.1, 0.15) is 6.04 Å². The molecule has 0 aliphatic carbocycles. The van der Waals surface area contributed by atoms with Crippen LogP contribution in [0, 0.1) is 13.8 Å². The third kappa shape index (κ3) is 6.34. The van der Waals surface area contributed by atoms with Crippen molar-refractivity contribution >= 4 is 26.0 Å². The number of rotatable bonds is 9. The Morgan fingerprint density at radius 1 is 0.862 bits per heavy atom. The fourth-order valence-electron chi connectivity index (χ4n) is 2.43. The number of benzene rings is 2. The first-order chi connectivity index (χ1) is 13.5. The quantitative estimate of drug-likeness (QED) is 0.335. The molecule has 0 aromatic heterocycles. The van der Waals surface area contributed by atoms with Gasteiger partial charge in [0.2, 0.25) is 20.0 Å². The van der Waals surface area contributed by atoms with Gasteiger partial charge < -0.3 is 0 Å². The van der Waals surface area contributed by atoms with E-state index in [-0.39, 0.29) is 22.8 Å². The SMILES string of the molecule is Cc1ccc(S(=O)(=O)NCC[C@H](NS(=O)(=O)c2ccc(C)cc2)C(=O)NO)cc1. The number of sulfonamides is 2. The van der Waals surface area contributed by atoms with Gasteiger partial charge in [-0.2, -0.15) is 4.72 Å². The summed E-state index contributed by atoms with van der Waals surface area (Å²) in [6.45, 7) is 3.39. The minimum atomic E-state index is -4.05. The minimum Gasteiger partial charge on any atom is -0.289 e. The Kier molecular flexibility index (Phi) is 7.49. The zero-order valence-electron chi connectivity index (χ0n) is 15.9. The van der Waals surface area contributed by atoms with Gasteiger partial charge in [-0.3, -0.25) is 10.0 Å². The zero-order valence-corrected chi connectivity index (χ0v) is 17.5. The molecular weight excluding hydrogens is 418 g/mol. The van der Waals surface area contributed by atoms with E-state index >= 15 is 0 Å². The van der Waals surface area contributed by atoms with E-state index in [1.165, 1.54) is 29.7 Å². The first-order valence-electron chi connectivity index (χ1n) is 8.64. The normalized spacial score (nSPS) is 13.1. The van der Waals surface area contributed by atoms with Crippen molar-refractivity contribution < 1.29 is 26.8 Å². The molecule has 0 spiro atoms. The summed E-state index contributed by atoms with van der Waals surface area (Å²) in [6.07, 6.45) is -0.220. The predicted octanol–water partition coefficient (Wildman–Crippen LogP) is 0.824. The summed E-state index contributed by atoms with van der Waals surface area (Å²) in [5.74, 6) is -1.00. The van der Waals surface area contributed by atoms with Gasteiger partial charge >= 0.3 is 0 Å². The fourth-order valence-corrected chi connectivity index (χ4v) is 4.71. The van der Waals surface area contributed by atoms with Crippen LogP contribution in [0.1, 0.15) is 17.5 Å². The van der Waals surface area contributed by atoms with Crippen molar-refractivity contribution in [2.45, 2.75) is 36.1 Å². The Hall–Kier alpha value is -2.31. The number of carbonyl (C=O) groups excluding carboxylic acids is 1. The van der Waals surface area contributed by atoms with Crippen molar-refractivity contribution in [3.05, 3.63) is 59.7 Å². The van der Waals surface area contributed by atoms with E-state index in [0.29, 0.717) is 0 Å². The molecule has 0 aliphatic rings. The second-order valence-electron chi connectivity index (χ2n) is 6.46. The van der Waals surface area contributed by atoms with E-state index in [1.807, 2.05) is 6.92 Å². The monoisotopic (exact) mass is 441 g/mol. The topological polar surface area (TPSA) is 142 Å². The van der Waals surface area contributed by atoms with Gasteiger partial charge in [0.15, 0.2) is 0 Å². The van der Waals surface area contributed by atoms with Crippen LogP contribution < -0.4 is 14.9 Å². The molecular formula is C18H23N3O6S2. The first-order valence-corrected chi connectivity index (χ1v) is 11.6. The molecule has 0 saturated heterocycles. The molecule has 11 heteroatoms. The van der Waals surface area contributed by atoms with Crippen LogP contribution in [0.15, 0.2) is 58.3 Å². The highest BCUT2D eigenvalue weighted by Crippen LogP contribution is 2.12. The number of amides is 1. The van der Waals surface area contributed by atoms with Gasteiger partial charge in [-0.05, 0) is 44.5 Å². The Morgan fingerprint density at radius 2 is 1.31 bits per heavy atom. The maximum atomic E-state index is 12.5. The maximum Gasteiger partial charge on any atom is 0.261 e. The fraction of sp³-hybridized carbons (Fsp3) is 0.278. The summed E-state index contributed by atoms with van der Waals surface area (Å²) >= 11 is 0. The molecule has 0 fully saturated rings. The third-order valence-corrected chi connectivity index (χ3v) is 7.08. The first kappa shape index (κ1) is 23.0. The van der Waals surface area contributed by atoms with Gasteiger partial charge in [-0.25, -0.2) is 27.0 Å². The summed E-state index contributed by atoms with van der Waals surface area (Å²) in [5, 5.41) is 8.90. The van der Waals surface area contributed by atoms with Crippen LogP contribution in [0.3, 0.4) is 0 Å². The van der Waals surface area contributed by atoms with Gasteiger partial charge in [0.05, 0.1) is 9.79 Å². The molecule has 1 atom stereocenters. The van der Waals surface area contributed by atoms with Crippen molar-refractivity contribution in [3.8, 4) is 0 Å². The van der Waals surface area contributed by atoms with E-state index in [1.54, 1.807) is 31.2 Å². The summed E-state index contributed by atoms with van der Waals surface area (Å²) in [5.41, 5.74) is 3.15. The lowest BCUT2D eigenvalue weighted by Gasteiger charge is -2.17. The van der Waals surface area contributed by atoms with Crippen molar-refractivity contribution in [3.63, 3.8) is 0 Å². The highest BCUT2D eigenvalue weighted by atomic mass is 32.2. The Morgan fingerprint density at radius 3 is 1.76 bits per heavy atom. The van der Waals surface area contributed by atoms with E-state index in [9.17, 15) is 21.6 Å². The average molecular weight is 442 g/mol. The van der Waals surface area contributed by atoms with Gasteiger partial charge in [-0.1, -0.05) is 35.4 Å². The smallest absolute Gasteiger partial charge is 0.261 e. The van der Waals surface area contributed by atoms with Crippen molar-refractivity contribution in [2.75, 3.05) is 6.54 Å². The Bertz CT molecular complexity index is 1050. The minimum absolute atomic E-state index is 0.0477. The van der Waals surface area contributed by atoms with Gasteiger partial charge in [-0.15, -0.1) is 0 Å². The molecule has 1 amide bonds. The van der Waals surface area contributed by atoms with Crippen LogP contribution in [0.4, 0.5) is 0 Å². The van der Waals surface area contributed by atoms with Crippen LogP contribution in [-0.4, -0.2) is 40.5 Å². The van der Waals surface area contributed by atoms with Gasteiger partial charge in [0.25, 0.3) is 5.91 Å². The number of hydrogen-bond acceptors (Lipinski definition) is 6. The predicted molar refractivity (Wildman–Crippen MR) is 106 cm³/mol. The molecule has 0 heterocycles. The third-order valence-electron chi connectivity index (χ3n) is 4.11. The molecule has 0 saturated carbocycles. The number of hydroxylamine groups is 1. The van der Waals surface area contributed by atoms with Gasteiger partial charge in [0, 0.05) is 6.54 Å². The van der Waals surface area contributed by atoms with E-state index in [4.69, 9.17) is 5.21 Å². The molecule has 29 heavy (non-hydrogen) atoms. The molecule has 0 aliphatic heterocycles. The average Bonchev–Trinajstić information content (AvgIpc) is 2.67. The standard InChI is InChI=1S/C18H23N3O6S2/c1-13-3-7-15(8-4-13)28(24,25)19-12-11-17(18(22)20-23)21-29(26,27)16-9-5-14(2)6-10-16/h3-10,17,19,21,23H,11-12H2,1-2H3,(H,20,22)/t17-/m0/s1. The van der Waals surface area contributed by atoms with E-state index < -0.39 is 32.0 Å². The van der Waals surface area contributed by atoms with Crippen molar-refractivity contribution in [1.29, 1.82) is 0 Å². The largest absolute Gasteiger partial charge is 0.289 e. The van der Waals surface area contributed by atoms with Crippen LogP contribution in [-0.2, 0) is 24.8 Å². The Balaban J connectivity index is 2.08. The van der Waals surface area contributed by atoms with Crippen molar-refractivity contribution in [1.82, 2.24) is 14.9 Å². The maximum absolute atomic E-state index is 12.5. The molecule has 9 nitrogen and oxygen atoms in total. The molecule has 2 aromatic rings. The summed E-state index contributed by atoms with van der Waals surface area (Å²) < 4.78 is 54.1. The number of hydrogen-bond donors (Lipinski definition) is 4. The highest BCUT2D eigenvalue weighted by Gasteiger charge is 2.26. The lowest BCUT2D eigenvalue weighted by Crippen LogP contribution is -2.47. The lowest BCUT2D eigenvalue weighted by molar-refractivity contribution is -0.131. The van der Waals surface area contributed by atoms with E-state index in [0.717, 1.165) is 11.1 Å². The molecule has 4 N–H and O–H groups in total. The van der Waals surface area contributed by atoms with Crippen LogP contribution in [0.25, 0.3) is 0 Å². The molecule has 2 rings (SSSR count). The molecule has 158 valence electrons. The molecule has 0 unspecified atom stereocenters. The number of aryl methyl sites for hydroxylation is 2. The highest BCUT2D eigenvalue weighted by molar-refractivity contribution is 7.89. The molecule has 0 bridgehead atoms. The van der Waals surface area contributed by atoms with Crippen LogP contribution >= 0.6 is 0 Å². The lowest BCUT2D eigenvalue weighted by atomic mass is 10.2. The van der Waals surface area contributed by atoms with Crippen LogP contribution in [0.2, 0.25) is 0 Å². The second kappa shape index (κ2) is 9.46. The zero-order chi connectivity index (χ0) is 21.7. The second-order valence-corrected chi connectivity index (χ2v) is 9.94. The number of carbonyl (C=O) groups is 1. The Labute approximate surface area is 170 Å². The summed E-state index contributed by atoms with van der Waals surface area (Å²) in [7, 11) is -7.88.